The normalized spacial score (nSPS) is 18.1. The van der Waals surface area contributed by atoms with E-state index in [1.165, 1.54) is 0 Å². The number of aromatic nitrogens is 2. The Morgan fingerprint density at radius 1 is 1.16 bits per heavy atom. The summed E-state index contributed by atoms with van der Waals surface area (Å²) in [4.78, 5) is 14.5. The number of carbonyl (C=O) groups is 1. The summed E-state index contributed by atoms with van der Waals surface area (Å²) in [5, 5.41) is 10.7. The quantitative estimate of drug-likeness (QED) is 0.908. The van der Waals surface area contributed by atoms with Crippen molar-refractivity contribution in [3.05, 3.63) is 18.2 Å². The molecule has 1 N–H and O–H groups in total. The molecular weight excluding hydrogens is 324 g/mol. The minimum atomic E-state index is -0.0644. The van der Waals surface area contributed by atoms with Gasteiger partial charge in [0.2, 0.25) is 11.8 Å². The number of fused-ring (bicyclic) bond motifs is 1. The predicted molar refractivity (Wildman–Crippen MR) is 89.6 cm³/mol. The lowest BCUT2D eigenvalue weighted by Gasteiger charge is -2.27. The van der Waals surface area contributed by atoms with Gasteiger partial charge in [-0.3, -0.25) is 10.1 Å². The second-order valence-corrected chi connectivity index (χ2v) is 6.34. The lowest BCUT2D eigenvalue weighted by Crippen LogP contribution is -2.35. The van der Waals surface area contributed by atoms with Crippen LogP contribution in [0.5, 0.6) is 11.5 Å². The monoisotopic (exact) mass is 344 g/mol. The molecule has 132 valence electrons. The Labute approximate surface area is 145 Å². The number of carbonyl (C=O) groups excluding carboxylic acids is 1. The van der Waals surface area contributed by atoms with E-state index >= 15 is 0 Å². The Bertz CT molecular complexity index is 768. The van der Waals surface area contributed by atoms with E-state index in [1.807, 2.05) is 12.1 Å². The third kappa shape index (κ3) is 3.43. The Morgan fingerprint density at radius 2 is 1.92 bits per heavy atom. The van der Waals surface area contributed by atoms with Crippen molar-refractivity contribution >= 4 is 11.9 Å². The third-order valence-electron chi connectivity index (χ3n) is 4.53. The Morgan fingerprint density at radius 3 is 2.72 bits per heavy atom. The number of rotatable bonds is 3. The Balaban J connectivity index is 1.44. The molecule has 1 saturated heterocycles. The molecule has 4 rings (SSSR count). The van der Waals surface area contributed by atoms with Crippen LogP contribution in [-0.4, -0.2) is 54.4 Å². The number of nitrogens with one attached hydrogen (secondary N) is 1. The van der Waals surface area contributed by atoms with E-state index in [-0.39, 0.29) is 17.8 Å². The van der Waals surface area contributed by atoms with Gasteiger partial charge in [0, 0.05) is 11.5 Å². The van der Waals surface area contributed by atoms with E-state index in [0.29, 0.717) is 30.6 Å². The fourth-order valence-electron chi connectivity index (χ4n) is 3.05. The lowest BCUT2D eigenvalue weighted by atomic mass is 9.96. The summed E-state index contributed by atoms with van der Waals surface area (Å²) in [5.74, 6) is 1.60. The first-order chi connectivity index (χ1) is 12.2. The first-order valence-corrected chi connectivity index (χ1v) is 8.42. The zero-order valence-electron chi connectivity index (χ0n) is 14.0. The number of anilines is 1. The van der Waals surface area contributed by atoms with Crippen LogP contribution in [0.25, 0.3) is 11.5 Å². The first kappa shape index (κ1) is 15.9. The highest BCUT2D eigenvalue weighted by atomic mass is 16.6. The van der Waals surface area contributed by atoms with Crippen LogP contribution in [-0.2, 0) is 4.79 Å². The molecule has 1 amide bonds. The summed E-state index contributed by atoms with van der Waals surface area (Å²) >= 11 is 0. The minimum Gasteiger partial charge on any atom is -0.486 e. The molecule has 2 aliphatic rings. The minimum absolute atomic E-state index is 0.0131. The molecule has 1 aromatic carbocycles. The molecule has 0 radical (unpaired) electrons. The van der Waals surface area contributed by atoms with Crippen LogP contribution in [0.1, 0.15) is 12.8 Å². The molecule has 2 aliphatic heterocycles. The maximum absolute atomic E-state index is 12.3. The number of hydrogen-bond donors (Lipinski definition) is 1. The van der Waals surface area contributed by atoms with Gasteiger partial charge in [0.05, 0.1) is 0 Å². The van der Waals surface area contributed by atoms with Crippen molar-refractivity contribution in [1.82, 2.24) is 15.1 Å². The van der Waals surface area contributed by atoms with Crippen LogP contribution in [0.3, 0.4) is 0 Å². The van der Waals surface area contributed by atoms with E-state index < -0.39 is 0 Å². The van der Waals surface area contributed by atoms with E-state index in [1.54, 1.807) is 6.07 Å². The van der Waals surface area contributed by atoms with Crippen LogP contribution in [0.15, 0.2) is 22.6 Å². The number of ether oxygens (including phenoxy) is 2. The van der Waals surface area contributed by atoms with Crippen molar-refractivity contribution in [3.8, 4) is 23.0 Å². The SMILES string of the molecule is CN1CCC(C(=O)Nc2nnc(-c3ccc4c(c3)OCCO4)o2)CC1. The van der Waals surface area contributed by atoms with Crippen molar-refractivity contribution in [1.29, 1.82) is 0 Å². The fourth-order valence-corrected chi connectivity index (χ4v) is 3.05. The van der Waals surface area contributed by atoms with Crippen molar-refractivity contribution < 1.29 is 18.7 Å². The van der Waals surface area contributed by atoms with Gasteiger partial charge in [-0.15, -0.1) is 5.10 Å². The summed E-state index contributed by atoms with van der Waals surface area (Å²) in [6.07, 6.45) is 1.68. The highest BCUT2D eigenvalue weighted by Gasteiger charge is 2.25. The molecular formula is C17H20N4O4. The summed E-state index contributed by atoms with van der Waals surface area (Å²) in [6.45, 7) is 2.90. The van der Waals surface area contributed by atoms with E-state index in [9.17, 15) is 4.79 Å². The van der Waals surface area contributed by atoms with Gasteiger partial charge >= 0.3 is 6.01 Å². The average molecular weight is 344 g/mol. The smallest absolute Gasteiger partial charge is 0.322 e. The van der Waals surface area contributed by atoms with Crippen LogP contribution in [0.4, 0.5) is 6.01 Å². The second-order valence-electron chi connectivity index (χ2n) is 6.34. The molecule has 8 nitrogen and oxygen atoms in total. The Kier molecular flexibility index (Phi) is 4.27. The molecule has 0 saturated carbocycles. The molecule has 1 aromatic heterocycles. The molecule has 0 atom stereocenters. The van der Waals surface area contributed by atoms with Gasteiger partial charge in [0.25, 0.3) is 0 Å². The van der Waals surface area contributed by atoms with E-state index in [2.05, 4.69) is 27.5 Å². The molecule has 0 bridgehead atoms. The van der Waals surface area contributed by atoms with Crippen molar-refractivity contribution in [2.75, 3.05) is 38.7 Å². The van der Waals surface area contributed by atoms with Crippen molar-refractivity contribution in [2.45, 2.75) is 12.8 Å². The average Bonchev–Trinajstić information content (AvgIpc) is 3.10. The van der Waals surface area contributed by atoms with E-state index in [4.69, 9.17) is 13.9 Å². The summed E-state index contributed by atoms with van der Waals surface area (Å²) in [7, 11) is 2.06. The van der Waals surface area contributed by atoms with Gasteiger partial charge in [0.1, 0.15) is 13.2 Å². The van der Waals surface area contributed by atoms with Crippen molar-refractivity contribution in [3.63, 3.8) is 0 Å². The number of piperidine rings is 1. The van der Waals surface area contributed by atoms with Crippen LogP contribution in [0, 0.1) is 5.92 Å². The lowest BCUT2D eigenvalue weighted by molar-refractivity contribution is -0.121. The molecule has 0 unspecified atom stereocenters. The number of benzene rings is 1. The molecule has 3 heterocycles. The van der Waals surface area contributed by atoms with E-state index in [0.717, 1.165) is 31.5 Å². The largest absolute Gasteiger partial charge is 0.486 e. The molecule has 1 fully saturated rings. The van der Waals surface area contributed by atoms with Gasteiger partial charge in [-0.25, -0.2) is 0 Å². The summed E-state index contributed by atoms with van der Waals surface area (Å²) < 4.78 is 16.6. The number of likely N-dealkylation sites (tertiary alicyclic amines) is 1. The highest BCUT2D eigenvalue weighted by Crippen LogP contribution is 2.34. The zero-order chi connectivity index (χ0) is 17.2. The van der Waals surface area contributed by atoms with Crippen LogP contribution in [0.2, 0.25) is 0 Å². The van der Waals surface area contributed by atoms with Crippen LogP contribution < -0.4 is 14.8 Å². The van der Waals surface area contributed by atoms with Gasteiger partial charge in [0.15, 0.2) is 11.5 Å². The molecule has 25 heavy (non-hydrogen) atoms. The van der Waals surface area contributed by atoms with Gasteiger partial charge in [-0.05, 0) is 51.2 Å². The molecule has 0 spiro atoms. The number of amides is 1. The molecule has 2 aromatic rings. The molecule has 0 aliphatic carbocycles. The first-order valence-electron chi connectivity index (χ1n) is 8.42. The number of nitrogens with zero attached hydrogens (tertiary/aromatic N) is 3. The topological polar surface area (TPSA) is 89.7 Å². The van der Waals surface area contributed by atoms with Gasteiger partial charge in [-0.2, -0.15) is 0 Å². The standard InChI is InChI=1S/C17H20N4O4/c1-21-6-4-11(5-7-21)15(22)18-17-20-19-16(25-17)12-2-3-13-14(10-12)24-9-8-23-13/h2-3,10-11H,4-9H2,1H3,(H,18,20,22). The third-order valence-corrected chi connectivity index (χ3v) is 4.53. The maximum Gasteiger partial charge on any atom is 0.322 e. The van der Waals surface area contributed by atoms with Crippen LogP contribution >= 0.6 is 0 Å². The summed E-state index contributed by atoms with van der Waals surface area (Å²) in [6, 6.07) is 5.55. The second kappa shape index (κ2) is 6.72. The highest BCUT2D eigenvalue weighted by molar-refractivity contribution is 5.90. The van der Waals surface area contributed by atoms with Gasteiger partial charge < -0.3 is 18.8 Å². The summed E-state index contributed by atoms with van der Waals surface area (Å²) in [5.41, 5.74) is 0.719. The maximum atomic E-state index is 12.3. The molecule has 8 heteroatoms. The van der Waals surface area contributed by atoms with Gasteiger partial charge in [-0.1, -0.05) is 5.10 Å². The Hall–Kier alpha value is -2.61. The van der Waals surface area contributed by atoms with Crippen molar-refractivity contribution in [2.24, 2.45) is 5.92 Å². The zero-order valence-corrected chi connectivity index (χ0v) is 14.0. The number of hydrogen-bond acceptors (Lipinski definition) is 7. The fraction of sp³-hybridized carbons (Fsp3) is 0.471. The predicted octanol–water partition coefficient (Wildman–Crippen LogP) is 1.79.